The Morgan fingerprint density at radius 1 is 0.972 bits per heavy atom. The smallest absolute Gasteiger partial charge is 0.312 e. The topological polar surface area (TPSA) is 128 Å². The van der Waals surface area contributed by atoms with E-state index in [2.05, 4.69) is 5.32 Å². The number of nitrogens with one attached hydrogen (secondary N) is 1. The molecule has 0 radical (unpaired) electrons. The van der Waals surface area contributed by atoms with Gasteiger partial charge in [-0.2, -0.15) is 0 Å². The molecule has 2 aromatic rings. The highest BCUT2D eigenvalue weighted by Crippen LogP contribution is 2.55. The average molecular weight is 498 g/mol. The monoisotopic (exact) mass is 497 g/mol. The molecule has 0 aliphatic heterocycles. The lowest BCUT2D eigenvalue weighted by atomic mass is 9.51. The van der Waals surface area contributed by atoms with Gasteiger partial charge in [0.2, 0.25) is 12.7 Å². The molecule has 192 valence electrons. The van der Waals surface area contributed by atoms with Crippen LogP contribution in [0.15, 0.2) is 54.6 Å². The van der Waals surface area contributed by atoms with Gasteiger partial charge in [-0.15, -0.1) is 0 Å². The molecule has 0 saturated heterocycles. The molecule has 2 aromatic carbocycles. The number of amides is 1. The molecular weight excluding hydrogens is 466 g/mol. The summed E-state index contributed by atoms with van der Waals surface area (Å²) in [7, 11) is 0. The normalized spacial score (nSPS) is 20.5. The van der Waals surface area contributed by atoms with E-state index in [0.717, 1.165) is 5.56 Å². The van der Waals surface area contributed by atoms with E-state index in [-0.39, 0.29) is 19.4 Å². The molecule has 9 heteroatoms. The van der Waals surface area contributed by atoms with Crippen LogP contribution in [0.1, 0.15) is 45.1 Å². The maximum Gasteiger partial charge on any atom is 0.312 e. The summed E-state index contributed by atoms with van der Waals surface area (Å²) in [6.45, 7) is 3.08. The zero-order valence-corrected chi connectivity index (χ0v) is 20.4. The Balaban J connectivity index is 1.61. The van der Waals surface area contributed by atoms with Crippen molar-refractivity contribution in [1.82, 2.24) is 5.32 Å². The zero-order valence-electron chi connectivity index (χ0n) is 20.4. The zero-order chi connectivity index (χ0) is 26.1. The first-order valence-corrected chi connectivity index (χ1v) is 12.0. The van der Waals surface area contributed by atoms with Crippen molar-refractivity contribution in [2.75, 3.05) is 6.79 Å². The van der Waals surface area contributed by atoms with Gasteiger partial charge in [-0.1, -0.05) is 50.6 Å². The third kappa shape index (κ3) is 6.21. The van der Waals surface area contributed by atoms with E-state index in [1.807, 2.05) is 49.4 Å². The van der Waals surface area contributed by atoms with Crippen molar-refractivity contribution in [3.63, 3.8) is 0 Å². The SMILES string of the molecule is CCCC1(C(=O)NCc2ccc(Oc3ccccc3)cc2)CC(C(=O)OCOC(=O)CC)C1C(=O)O. The second-order valence-corrected chi connectivity index (χ2v) is 8.73. The van der Waals surface area contributed by atoms with E-state index in [4.69, 9.17) is 14.2 Å². The molecule has 0 aromatic heterocycles. The average Bonchev–Trinajstić information content (AvgIpc) is 2.85. The fourth-order valence-corrected chi connectivity index (χ4v) is 4.56. The molecule has 3 unspecified atom stereocenters. The number of ether oxygens (including phenoxy) is 3. The number of hydrogen-bond acceptors (Lipinski definition) is 7. The van der Waals surface area contributed by atoms with Crippen LogP contribution in [0.3, 0.4) is 0 Å². The van der Waals surface area contributed by atoms with Crippen molar-refractivity contribution < 1.29 is 38.5 Å². The largest absolute Gasteiger partial charge is 0.481 e. The number of esters is 2. The predicted octanol–water partition coefficient (Wildman–Crippen LogP) is 4.06. The summed E-state index contributed by atoms with van der Waals surface area (Å²) in [4.78, 5) is 49.0. The number of carbonyl (C=O) groups excluding carboxylic acids is 3. The molecule has 36 heavy (non-hydrogen) atoms. The number of rotatable bonds is 12. The van der Waals surface area contributed by atoms with Gasteiger partial charge in [0.05, 0.1) is 17.3 Å². The Morgan fingerprint density at radius 2 is 1.64 bits per heavy atom. The summed E-state index contributed by atoms with van der Waals surface area (Å²) in [5, 5.41) is 12.7. The number of carbonyl (C=O) groups is 4. The van der Waals surface area contributed by atoms with E-state index in [0.29, 0.717) is 24.3 Å². The van der Waals surface area contributed by atoms with Crippen LogP contribution in [-0.4, -0.2) is 35.7 Å². The molecule has 0 spiro atoms. The van der Waals surface area contributed by atoms with Crippen molar-refractivity contribution in [3.8, 4) is 11.5 Å². The quantitative estimate of drug-likeness (QED) is 0.332. The third-order valence-corrected chi connectivity index (χ3v) is 6.36. The van der Waals surface area contributed by atoms with Gasteiger partial charge in [0.25, 0.3) is 0 Å². The number of para-hydroxylation sites is 1. The van der Waals surface area contributed by atoms with Crippen LogP contribution in [0.2, 0.25) is 0 Å². The molecular formula is C27H31NO8. The molecule has 1 saturated carbocycles. The highest BCUT2D eigenvalue weighted by Gasteiger charge is 2.64. The lowest BCUT2D eigenvalue weighted by Crippen LogP contribution is -2.61. The maximum absolute atomic E-state index is 13.2. The van der Waals surface area contributed by atoms with Gasteiger partial charge in [0.15, 0.2) is 0 Å². The van der Waals surface area contributed by atoms with Gasteiger partial charge in [0.1, 0.15) is 11.5 Å². The van der Waals surface area contributed by atoms with E-state index in [9.17, 15) is 24.3 Å². The number of hydrogen-bond donors (Lipinski definition) is 2. The molecule has 0 bridgehead atoms. The van der Waals surface area contributed by atoms with Crippen LogP contribution < -0.4 is 10.1 Å². The van der Waals surface area contributed by atoms with Crippen LogP contribution in [0, 0.1) is 17.3 Å². The molecule has 2 N–H and O–H groups in total. The Hall–Kier alpha value is -3.88. The van der Waals surface area contributed by atoms with Crippen molar-refractivity contribution in [1.29, 1.82) is 0 Å². The van der Waals surface area contributed by atoms with Gasteiger partial charge in [-0.25, -0.2) is 0 Å². The van der Waals surface area contributed by atoms with Crippen LogP contribution in [0.5, 0.6) is 11.5 Å². The molecule has 3 rings (SSSR count). The van der Waals surface area contributed by atoms with Gasteiger partial charge >= 0.3 is 17.9 Å². The summed E-state index contributed by atoms with van der Waals surface area (Å²) in [5.41, 5.74) is -0.406. The van der Waals surface area contributed by atoms with Gasteiger partial charge < -0.3 is 24.6 Å². The summed E-state index contributed by atoms with van der Waals surface area (Å²) >= 11 is 0. The summed E-state index contributed by atoms with van der Waals surface area (Å²) in [5.74, 6) is -3.84. The van der Waals surface area contributed by atoms with Crippen molar-refractivity contribution in [3.05, 3.63) is 60.2 Å². The second kappa shape index (κ2) is 12.2. The van der Waals surface area contributed by atoms with Gasteiger partial charge in [-0.05, 0) is 42.7 Å². The van der Waals surface area contributed by atoms with Crippen LogP contribution in [0.25, 0.3) is 0 Å². The van der Waals surface area contributed by atoms with Crippen LogP contribution in [0.4, 0.5) is 0 Å². The molecule has 1 amide bonds. The van der Waals surface area contributed by atoms with Crippen molar-refractivity contribution >= 4 is 23.8 Å². The standard InChI is InChI=1S/C27H31NO8/c1-3-14-27(15-21(23(27)24(30)31)25(32)35-17-34-22(29)4-2)26(33)28-16-18-10-12-20(13-11-18)36-19-8-6-5-7-9-19/h5-13,21,23H,3-4,14-17H2,1-2H3,(H,28,33)(H,30,31). The van der Waals surface area contributed by atoms with Gasteiger partial charge in [-0.3, -0.25) is 19.2 Å². The predicted molar refractivity (Wildman–Crippen MR) is 129 cm³/mol. The second-order valence-electron chi connectivity index (χ2n) is 8.73. The Bertz CT molecular complexity index is 1070. The number of benzene rings is 2. The molecule has 1 fully saturated rings. The molecule has 1 aliphatic carbocycles. The maximum atomic E-state index is 13.2. The lowest BCUT2D eigenvalue weighted by molar-refractivity contribution is -0.192. The van der Waals surface area contributed by atoms with E-state index < -0.39 is 47.9 Å². The molecule has 9 nitrogen and oxygen atoms in total. The summed E-state index contributed by atoms with van der Waals surface area (Å²) < 4.78 is 15.4. The first-order chi connectivity index (χ1) is 17.3. The number of aliphatic carboxylic acids is 1. The minimum atomic E-state index is -1.24. The third-order valence-electron chi connectivity index (χ3n) is 6.36. The molecule has 0 heterocycles. The Labute approximate surface area is 209 Å². The highest BCUT2D eigenvalue weighted by atomic mass is 16.7. The van der Waals surface area contributed by atoms with Crippen LogP contribution in [-0.2, 0) is 35.2 Å². The minimum Gasteiger partial charge on any atom is -0.481 e. The Morgan fingerprint density at radius 3 is 2.25 bits per heavy atom. The lowest BCUT2D eigenvalue weighted by Gasteiger charge is -2.50. The molecule has 1 aliphatic rings. The fraction of sp³-hybridized carbons (Fsp3) is 0.407. The van der Waals surface area contributed by atoms with Gasteiger partial charge in [0, 0.05) is 13.0 Å². The van der Waals surface area contributed by atoms with Crippen LogP contribution >= 0.6 is 0 Å². The van der Waals surface area contributed by atoms with E-state index in [1.54, 1.807) is 19.1 Å². The van der Waals surface area contributed by atoms with Crippen molar-refractivity contribution in [2.24, 2.45) is 17.3 Å². The first-order valence-electron chi connectivity index (χ1n) is 12.0. The highest BCUT2D eigenvalue weighted by molar-refractivity contribution is 5.95. The number of carboxylic acids is 1. The van der Waals surface area contributed by atoms with E-state index in [1.165, 1.54) is 0 Å². The Kier molecular flexibility index (Phi) is 9.05. The first kappa shape index (κ1) is 26.7. The minimum absolute atomic E-state index is 0.0497. The number of carboxylic acid groups (broad SMARTS) is 1. The molecule has 3 atom stereocenters. The van der Waals surface area contributed by atoms with E-state index >= 15 is 0 Å². The summed E-state index contributed by atoms with van der Waals surface area (Å²) in [6, 6.07) is 16.6. The van der Waals surface area contributed by atoms with Crippen molar-refractivity contribution in [2.45, 2.75) is 46.1 Å². The summed E-state index contributed by atoms with van der Waals surface area (Å²) in [6.07, 6.45) is 1.06. The fourth-order valence-electron chi connectivity index (χ4n) is 4.56.